The van der Waals surface area contributed by atoms with Gasteiger partial charge in [-0.3, -0.25) is 9.59 Å². The number of carbonyl (C=O) groups excluding carboxylic acids is 1. The standard InChI is InChI=1S/C27H29F4NO6S/c1-25(36,27(29,30)31)19-6-8-20(9-7-19)26(39(37,38)22-12-10-21(28)11-13-22)14-15-32(16-26)23(33)17-2-4-18(5-3-17)24(34)35/h6-13,17-18,36H,2-5,14-16H2,1H3,(H,34,35)/t17?,18?,25?,26-/m0/s1. The molecule has 1 amide bonds. The lowest BCUT2D eigenvalue weighted by atomic mass is 9.81. The summed E-state index contributed by atoms with van der Waals surface area (Å²) in [5.41, 5.74) is -3.51. The number of rotatable bonds is 6. The highest BCUT2D eigenvalue weighted by atomic mass is 32.2. The summed E-state index contributed by atoms with van der Waals surface area (Å²) in [4.78, 5) is 25.9. The maximum Gasteiger partial charge on any atom is 0.421 e. The van der Waals surface area contributed by atoms with Gasteiger partial charge in [0.1, 0.15) is 10.6 Å². The zero-order valence-electron chi connectivity index (χ0n) is 21.1. The monoisotopic (exact) mass is 571 g/mol. The third kappa shape index (κ3) is 5.16. The summed E-state index contributed by atoms with van der Waals surface area (Å²) >= 11 is 0. The van der Waals surface area contributed by atoms with Gasteiger partial charge in [0.25, 0.3) is 0 Å². The van der Waals surface area contributed by atoms with Gasteiger partial charge in [0.2, 0.25) is 5.91 Å². The van der Waals surface area contributed by atoms with E-state index in [1.807, 2.05) is 0 Å². The number of alkyl halides is 3. The predicted molar refractivity (Wildman–Crippen MR) is 132 cm³/mol. The zero-order chi connectivity index (χ0) is 28.8. The molecule has 0 radical (unpaired) electrons. The molecule has 212 valence electrons. The SMILES string of the molecule is CC(O)(c1ccc([C@]2(S(=O)(=O)c3ccc(F)cc3)CCN(C(=O)C3CCC(C(=O)O)CC3)C2)cc1)C(F)(F)F. The van der Waals surface area contributed by atoms with Crippen molar-refractivity contribution in [1.29, 1.82) is 0 Å². The van der Waals surface area contributed by atoms with E-state index in [1.54, 1.807) is 0 Å². The van der Waals surface area contributed by atoms with Crippen molar-refractivity contribution < 1.29 is 45.8 Å². The molecule has 2 atom stereocenters. The molecule has 39 heavy (non-hydrogen) atoms. The van der Waals surface area contributed by atoms with E-state index in [1.165, 1.54) is 17.0 Å². The molecule has 0 bridgehead atoms. The number of carbonyl (C=O) groups is 2. The fourth-order valence-electron chi connectivity index (χ4n) is 5.53. The molecule has 1 aliphatic heterocycles. The summed E-state index contributed by atoms with van der Waals surface area (Å²) in [6, 6.07) is 8.64. The summed E-state index contributed by atoms with van der Waals surface area (Å²) in [5, 5.41) is 19.3. The average molecular weight is 572 g/mol. The van der Waals surface area contributed by atoms with Crippen molar-refractivity contribution in [2.24, 2.45) is 11.8 Å². The van der Waals surface area contributed by atoms with Gasteiger partial charge in [0.05, 0.1) is 10.8 Å². The van der Waals surface area contributed by atoms with Crippen molar-refractivity contribution in [3.05, 3.63) is 65.5 Å². The third-order valence-corrected chi connectivity index (χ3v) is 10.6. The van der Waals surface area contributed by atoms with Crippen LogP contribution in [-0.4, -0.2) is 54.7 Å². The van der Waals surface area contributed by atoms with E-state index < -0.39 is 55.5 Å². The number of hydrogen-bond donors (Lipinski definition) is 2. The maximum absolute atomic E-state index is 14.0. The Bertz CT molecular complexity index is 1330. The Morgan fingerprint density at radius 3 is 2.00 bits per heavy atom. The number of likely N-dealkylation sites (tertiary alicyclic amines) is 1. The minimum Gasteiger partial charge on any atom is -0.481 e. The first-order valence-corrected chi connectivity index (χ1v) is 14.0. The third-order valence-electron chi connectivity index (χ3n) is 8.13. The van der Waals surface area contributed by atoms with Gasteiger partial charge in [0.15, 0.2) is 15.4 Å². The number of aliphatic hydroxyl groups is 1. The van der Waals surface area contributed by atoms with Gasteiger partial charge in [0, 0.05) is 19.0 Å². The molecule has 1 aliphatic carbocycles. The van der Waals surface area contributed by atoms with Crippen LogP contribution in [0.1, 0.15) is 50.2 Å². The number of hydrogen-bond acceptors (Lipinski definition) is 5. The summed E-state index contributed by atoms with van der Waals surface area (Å²) in [6.45, 7) is 0.377. The lowest BCUT2D eigenvalue weighted by Crippen LogP contribution is -2.43. The van der Waals surface area contributed by atoms with Crippen LogP contribution >= 0.6 is 0 Å². The van der Waals surface area contributed by atoms with E-state index in [0.717, 1.165) is 36.4 Å². The Labute approximate surface area is 223 Å². The van der Waals surface area contributed by atoms with Gasteiger partial charge in [-0.05, 0) is 74.4 Å². The normalized spacial score (nSPS) is 25.7. The van der Waals surface area contributed by atoms with E-state index in [2.05, 4.69) is 0 Å². The van der Waals surface area contributed by atoms with Crippen LogP contribution in [0, 0.1) is 17.7 Å². The molecule has 1 unspecified atom stereocenters. The molecule has 2 N–H and O–H groups in total. The quantitative estimate of drug-likeness (QED) is 0.393. The van der Waals surface area contributed by atoms with Gasteiger partial charge in [-0.2, -0.15) is 13.2 Å². The molecular formula is C27H29F4NO6S. The fourth-order valence-corrected chi connectivity index (χ4v) is 7.61. The van der Waals surface area contributed by atoms with E-state index in [4.69, 9.17) is 0 Å². The predicted octanol–water partition coefficient (Wildman–Crippen LogP) is 4.39. The molecule has 7 nitrogen and oxygen atoms in total. The molecule has 0 aromatic heterocycles. The zero-order valence-corrected chi connectivity index (χ0v) is 21.9. The lowest BCUT2D eigenvalue weighted by Gasteiger charge is -2.33. The first kappa shape index (κ1) is 29.0. The molecule has 0 spiro atoms. The minimum atomic E-state index is -4.97. The van der Waals surface area contributed by atoms with Crippen LogP contribution in [0.15, 0.2) is 53.4 Å². The van der Waals surface area contributed by atoms with Crippen LogP contribution in [0.2, 0.25) is 0 Å². The van der Waals surface area contributed by atoms with Gasteiger partial charge in [-0.25, -0.2) is 12.8 Å². The second kappa shape index (κ2) is 10.2. The number of aliphatic carboxylic acids is 1. The van der Waals surface area contributed by atoms with Gasteiger partial charge in [-0.15, -0.1) is 0 Å². The molecule has 12 heteroatoms. The average Bonchev–Trinajstić information content (AvgIpc) is 3.35. The molecule has 2 aromatic rings. The molecular weight excluding hydrogens is 542 g/mol. The van der Waals surface area contributed by atoms with E-state index in [9.17, 15) is 45.8 Å². The Balaban J connectivity index is 1.70. The highest BCUT2D eigenvalue weighted by molar-refractivity contribution is 7.92. The Kier molecular flexibility index (Phi) is 7.59. The Morgan fingerprint density at radius 1 is 0.949 bits per heavy atom. The lowest BCUT2D eigenvalue weighted by molar-refractivity contribution is -0.258. The van der Waals surface area contributed by atoms with Crippen molar-refractivity contribution in [1.82, 2.24) is 4.90 Å². The first-order chi connectivity index (χ1) is 18.1. The van der Waals surface area contributed by atoms with Crippen molar-refractivity contribution in [3.63, 3.8) is 0 Å². The van der Waals surface area contributed by atoms with Crippen LogP contribution in [0.3, 0.4) is 0 Å². The molecule has 2 aliphatic rings. The summed E-state index contributed by atoms with van der Waals surface area (Å²) in [6.07, 6.45) is -3.66. The highest BCUT2D eigenvalue weighted by Crippen LogP contribution is 2.46. The number of nitrogens with zero attached hydrogens (tertiary/aromatic N) is 1. The van der Waals surface area contributed by atoms with Crippen molar-refractivity contribution in [2.45, 2.75) is 60.4 Å². The number of halogens is 4. The van der Waals surface area contributed by atoms with Crippen LogP contribution in [-0.2, 0) is 29.8 Å². The first-order valence-electron chi connectivity index (χ1n) is 12.5. The van der Waals surface area contributed by atoms with Crippen LogP contribution in [0.25, 0.3) is 0 Å². The minimum absolute atomic E-state index is 0.0557. The van der Waals surface area contributed by atoms with Crippen LogP contribution < -0.4 is 0 Å². The number of carboxylic acids is 1. The molecule has 2 aromatic carbocycles. The molecule has 1 heterocycles. The maximum atomic E-state index is 14.0. The summed E-state index contributed by atoms with van der Waals surface area (Å²) < 4.78 is 80.0. The topological polar surface area (TPSA) is 112 Å². The van der Waals surface area contributed by atoms with Gasteiger partial charge in [-0.1, -0.05) is 24.3 Å². The number of benzene rings is 2. The van der Waals surface area contributed by atoms with E-state index in [-0.39, 0.29) is 35.9 Å². The molecule has 2 fully saturated rings. The highest BCUT2D eigenvalue weighted by Gasteiger charge is 2.54. The molecule has 1 saturated heterocycles. The van der Waals surface area contributed by atoms with E-state index in [0.29, 0.717) is 32.6 Å². The van der Waals surface area contributed by atoms with Crippen LogP contribution in [0.5, 0.6) is 0 Å². The Morgan fingerprint density at radius 2 is 1.49 bits per heavy atom. The fraction of sp³-hybridized carbons (Fsp3) is 0.481. The summed E-state index contributed by atoms with van der Waals surface area (Å²) in [7, 11) is -4.29. The van der Waals surface area contributed by atoms with Crippen LogP contribution in [0.4, 0.5) is 17.6 Å². The Hall–Kier alpha value is -2.99. The smallest absolute Gasteiger partial charge is 0.421 e. The number of amides is 1. The van der Waals surface area contributed by atoms with Crippen molar-refractivity contribution in [2.75, 3.05) is 13.1 Å². The van der Waals surface area contributed by atoms with Crippen molar-refractivity contribution >= 4 is 21.7 Å². The largest absolute Gasteiger partial charge is 0.481 e. The van der Waals surface area contributed by atoms with Gasteiger partial charge < -0.3 is 15.1 Å². The second-order valence-electron chi connectivity index (χ2n) is 10.5. The number of carboxylic acid groups (broad SMARTS) is 1. The second-order valence-corrected chi connectivity index (χ2v) is 12.8. The van der Waals surface area contributed by atoms with Crippen molar-refractivity contribution in [3.8, 4) is 0 Å². The number of sulfone groups is 1. The molecule has 4 rings (SSSR count). The molecule has 1 saturated carbocycles. The summed E-state index contributed by atoms with van der Waals surface area (Å²) in [5.74, 6) is -2.86. The van der Waals surface area contributed by atoms with Gasteiger partial charge >= 0.3 is 12.1 Å². The van der Waals surface area contributed by atoms with E-state index >= 15 is 0 Å².